The molecule has 88 valence electrons. The third-order valence-corrected chi connectivity index (χ3v) is 2.49. The summed E-state index contributed by atoms with van der Waals surface area (Å²) in [6, 6.07) is 3.90. The summed E-state index contributed by atoms with van der Waals surface area (Å²) >= 11 is 3.11. The van der Waals surface area contributed by atoms with E-state index in [1.807, 2.05) is 0 Å². The number of aromatic nitrogens is 2. The molecule has 0 atom stereocenters. The van der Waals surface area contributed by atoms with Crippen molar-refractivity contribution in [3.8, 4) is 0 Å². The molecule has 0 unspecified atom stereocenters. The van der Waals surface area contributed by atoms with Gasteiger partial charge in [0.25, 0.3) is 5.91 Å². The number of carbonyl (C=O) groups is 1. The van der Waals surface area contributed by atoms with Gasteiger partial charge in [0.15, 0.2) is 5.82 Å². The number of nitrogens with one attached hydrogen (secondary N) is 2. The molecule has 0 fully saturated rings. The minimum Gasteiger partial charge on any atom is -0.394 e. The molecule has 0 radical (unpaired) electrons. The van der Waals surface area contributed by atoms with E-state index in [0.717, 1.165) is 6.07 Å². The molecule has 17 heavy (non-hydrogen) atoms. The number of amides is 1. The van der Waals surface area contributed by atoms with Crippen LogP contribution in [-0.4, -0.2) is 16.1 Å². The van der Waals surface area contributed by atoms with Crippen LogP contribution in [-0.2, 0) is 0 Å². The Bertz CT molecular complexity index is 549. The molecule has 0 aliphatic heterocycles. The minimum absolute atomic E-state index is 0.186. The van der Waals surface area contributed by atoms with Gasteiger partial charge in [-0.05, 0) is 18.2 Å². The Morgan fingerprint density at radius 1 is 1.47 bits per heavy atom. The van der Waals surface area contributed by atoms with Gasteiger partial charge in [0.2, 0.25) is 0 Å². The predicted octanol–water partition coefficient (Wildman–Crippen LogP) is 2.15. The van der Waals surface area contributed by atoms with Crippen LogP contribution < -0.4 is 11.1 Å². The van der Waals surface area contributed by atoms with Gasteiger partial charge in [-0.15, -0.1) is 0 Å². The summed E-state index contributed by atoms with van der Waals surface area (Å²) in [7, 11) is 0. The summed E-state index contributed by atoms with van der Waals surface area (Å²) in [4.78, 5) is 11.8. The third kappa shape index (κ3) is 2.62. The highest BCUT2D eigenvalue weighted by Crippen LogP contribution is 2.17. The third-order valence-electron chi connectivity index (χ3n) is 2.03. The summed E-state index contributed by atoms with van der Waals surface area (Å²) in [5.41, 5.74) is 6.03. The maximum absolute atomic E-state index is 13.1. The molecular formula is C10H8BrFN4O. The van der Waals surface area contributed by atoms with Crippen molar-refractivity contribution in [3.63, 3.8) is 0 Å². The number of carbonyl (C=O) groups excluding carboxylic acids is 1. The highest BCUT2D eigenvalue weighted by atomic mass is 79.9. The Hall–Kier alpha value is -1.89. The second-order valence-corrected chi connectivity index (χ2v) is 4.23. The molecule has 1 heterocycles. The van der Waals surface area contributed by atoms with Crippen molar-refractivity contribution in [1.82, 2.24) is 10.2 Å². The van der Waals surface area contributed by atoms with Crippen LogP contribution >= 0.6 is 15.9 Å². The number of nitrogen functional groups attached to an aromatic ring is 1. The van der Waals surface area contributed by atoms with Gasteiger partial charge in [-0.1, -0.05) is 15.9 Å². The smallest absolute Gasteiger partial charge is 0.257 e. The van der Waals surface area contributed by atoms with Gasteiger partial charge in [-0.25, -0.2) is 4.39 Å². The molecule has 0 aliphatic rings. The van der Waals surface area contributed by atoms with Crippen LogP contribution in [0.4, 0.5) is 15.9 Å². The largest absolute Gasteiger partial charge is 0.394 e. The summed E-state index contributed by atoms with van der Waals surface area (Å²) in [6.07, 6.45) is 1.37. The standard InChI is InChI=1S/C10H8BrFN4O/c11-6-1-5(2-7(12)3-6)10(17)15-9-8(13)4-14-16-9/h1-4H,13H2,(H2,14,15,16,17). The van der Waals surface area contributed by atoms with E-state index in [2.05, 4.69) is 31.4 Å². The molecule has 0 bridgehead atoms. The van der Waals surface area contributed by atoms with E-state index < -0.39 is 11.7 Å². The second kappa shape index (κ2) is 4.54. The zero-order chi connectivity index (χ0) is 12.4. The van der Waals surface area contributed by atoms with Crippen LogP contribution in [0.5, 0.6) is 0 Å². The Labute approximate surface area is 104 Å². The molecule has 1 amide bonds. The van der Waals surface area contributed by atoms with Gasteiger partial charge in [0, 0.05) is 10.0 Å². The highest BCUT2D eigenvalue weighted by molar-refractivity contribution is 9.10. The van der Waals surface area contributed by atoms with Crippen molar-refractivity contribution in [2.75, 3.05) is 11.1 Å². The summed E-state index contributed by atoms with van der Waals surface area (Å²) in [5.74, 6) is -0.682. The van der Waals surface area contributed by atoms with Crippen molar-refractivity contribution < 1.29 is 9.18 Å². The fraction of sp³-hybridized carbons (Fsp3) is 0. The zero-order valence-electron chi connectivity index (χ0n) is 8.50. The molecule has 4 N–H and O–H groups in total. The Morgan fingerprint density at radius 2 is 2.24 bits per heavy atom. The zero-order valence-corrected chi connectivity index (χ0v) is 10.1. The van der Waals surface area contributed by atoms with Gasteiger partial charge in [0.1, 0.15) is 5.82 Å². The summed E-state index contributed by atoms with van der Waals surface area (Å²) in [5, 5.41) is 8.67. The monoisotopic (exact) mass is 298 g/mol. The van der Waals surface area contributed by atoms with E-state index in [-0.39, 0.29) is 11.4 Å². The fourth-order valence-electron chi connectivity index (χ4n) is 1.27. The first-order valence-electron chi connectivity index (χ1n) is 4.62. The van der Waals surface area contributed by atoms with Crippen LogP contribution in [0, 0.1) is 5.82 Å². The molecular weight excluding hydrogens is 291 g/mol. The van der Waals surface area contributed by atoms with Crippen LogP contribution in [0.2, 0.25) is 0 Å². The van der Waals surface area contributed by atoms with Crippen molar-refractivity contribution in [1.29, 1.82) is 0 Å². The number of anilines is 2. The first kappa shape index (κ1) is 11.6. The van der Waals surface area contributed by atoms with E-state index >= 15 is 0 Å². The van der Waals surface area contributed by atoms with Crippen molar-refractivity contribution >= 4 is 33.3 Å². The summed E-state index contributed by atoms with van der Waals surface area (Å²) < 4.78 is 13.6. The Balaban J connectivity index is 2.23. The average Bonchev–Trinajstić information content (AvgIpc) is 2.63. The Kier molecular flexibility index (Phi) is 3.10. The molecule has 1 aromatic carbocycles. The lowest BCUT2D eigenvalue weighted by atomic mass is 10.2. The van der Waals surface area contributed by atoms with Crippen molar-refractivity contribution in [3.05, 3.63) is 40.2 Å². The van der Waals surface area contributed by atoms with E-state index in [1.165, 1.54) is 18.3 Å². The first-order chi connectivity index (χ1) is 8.06. The lowest BCUT2D eigenvalue weighted by Gasteiger charge is -2.04. The molecule has 0 saturated carbocycles. The van der Waals surface area contributed by atoms with Gasteiger partial charge in [-0.3, -0.25) is 9.89 Å². The van der Waals surface area contributed by atoms with Crippen molar-refractivity contribution in [2.24, 2.45) is 0 Å². The topological polar surface area (TPSA) is 83.8 Å². The van der Waals surface area contributed by atoms with E-state index in [0.29, 0.717) is 10.2 Å². The number of hydrogen-bond donors (Lipinski definition) is 3. The van der Waals surface area contributed by atoms with Crippen LogP contribution in [0.1, 0.15) is 10.4 Å². The number of nitrogens with zero attached hydrogens (tertiary/aromatic N) is 1. The number of hydrogen-bond acceptors (Lipinski definition) is 3. The molecule has 0 aliphatic carbocycles. The van der Waals surface area contributed by atoms with E-state index in [9.17, 15) is 9.18 Å². The molecule has 1 aromatic heterocycles. The average molecular weight is 299 g/mol. The first-order valence-corrected chi connectivity index (χ1v) is 5.42. The van der Waals surface area contributed by atoms with Crippen LogP contribution in [0.3, 0.4) is 0 Å². The van der Waals surface area contributed by atoms with Crippen molar-refractivity contribution in [2.45, 2.75) is 0 Å². The van der Waals surface area contributed by atoms with E-state index in [1.54, 1.807) is 0 Å². The lowest BCUT2D eigenvalue weighted by Crippen LogP contribution is -2.13. The second-order valence-electron chi connectivity index (χ2n) is 3.31. The molecule has 0 saturated heterocycles. The fourth-order valence-corrected chi connectivity index (χ4v) is 1.73. The normalized spacial score (nSPS) is 10.2. The number of halogens is 2. The quantitative estimate of drug-likeness (QED) is 0.794. The van der Waals surface area contributed by atoms with E-state index in [4.69, 9.17) is 5.73 Å². The van der Waals surface area contributed by atoms with Gasteiger partial charge in [-0.2, -0.15) is 5.10 Å². The van der Waals surface area contributed by atoms with Crippen LogP contribution in [0.15, 0.2) is 28.9 Å². The molecule has 2 aromatic rings. The lowest BCUT2D eigenvalue weighted by molar-refractivity contribution is 0.102. The molecule has 5 nitrogen and oxygen atoms in total. The minimum atomic E-state index is -0.498. The SMILES string of the molecule is Nc1cn[nH]c1NC(=O)c1cc(F)cc(Br)c1. The number of benzene rings is 1. The molecule has 7 heteroatoms. The number of rotatable bonds is 2. The predicted molar refractivity (Wildman–Crippen MR) is 65.1 cm³/mol. The molecule has 2 rings (SSSR count). The summed E-state index contributed by atoms with van der Waals surface area (Å²) in [6.45, 7) is 0. The maximum atomic E-state index is 13.1. The number of aromatic amines is 1. The number of nitrogens with two attached hydrogens (primary N) is 1. The maximum Gasteiger partial charge on any atom is 0.257 e. The number of H-pyrrole nitrogens is 1. The van der Waals surface area contributed by atoms with Crippen LogP contribution in [0.25, 0.3) is 0 Å². The molecule has 0 spiro atoms. The Morgan fingerprint density at radius 3 is 2.82 bits per heavy atom. The van der Waals surface area contributed by atoms with Gasteiger partial charge < -0.3 is 11.1 Å². The van der Waals surface area contributed by atoms with Gasteiger partial charge >= 0.3 is 0 Å². The van der Waals surface area contributed by atoms with Gasteiger partial charge in [0.05, 0.1) is 11.9 Å². The highest BCUT2D eigenvalue weighted by Gasteiger charge is 2.11.